The first kappa shape index (κ1) is 19.2. The molecule has 1 N–H and O–H groups in total. The zero-order valence-electron chi connectivity index (χ0n) is 16.5. The summed E-state index contributed by atoms with van der Waals surface area (Å²) >= 11 is 0. The third-order valence-electron chi connectivity index (χ3n) is 5.88. The molecule has 6 nitrogen and oxygen atoms in total. The van der Waals surface area contributed by atoms with Crippen LogP contribution in [0, 0.1) is 0 Å². The Morgan fingerprint density at radius 1 is 0.897 bits per heavy atom. The normalized spacial score (nSPS) is 19.8. The Hall–Kier alpha value is -3.15. The molecule has 0 bridgehead atoms. The highest BCUT2D eigenvalue weighted by atomic mass is 16.2. The van der Waals surface area contributed by atoms with Crippen LogP contribution >= 0.6 is 0 Å². The van der Waals surface area contributed by atoms with Gasteiger partial charge in [-0.25, -0.2) is 9.69 Å². The van der Waals surface area contributed by atoms with E-state index in [9.17, 15) is 14.4 Å². The van der Waals surface area contributed by atoms with E-state index < -0.39 is 23.5 Å². The summed E-state index contributed by atoms with van der Waals surface area (Å²) in [6, 6.07) is 17.0. The molecule has 2 aromatic rings. The minimum atomic E-state index is -1.34. The first-order chi connectivity index (χ1) is 14.1. The van der Waals surface area contributed by atoms with E-state index in [1.54, 1.807) is 11.8 Å². The molecular weight excluding hydrogens is 366 g/mol. The van der Waals surface area contributed by atoms with E-state index in [1.165, 1.54) is 0 Å². The van der Waals surface area contributed by atoms with Crippen LogP contribution in [0.2, 0.25) is 0 Å². The summed E-state index contributed by atoms with van der Waals surface area (Å²) in [6.45, 7) is 2.99. The van der Waals surface area contributed by atoms with E-state index in [1.807, 2.05) is 60.7 Å². The molecule has 6 heteroatoms. The number of amides is 4. The lowest BCUT2D eigenvalue weighted by molar-refractivity contribution is -0.143. The van der Waals surface area contributed by atoms with E-state index in [2.05, 4.69) is 5.32 Å². The van der Waals surface area contributed by atoms with Crippen molar-refractivity contribution in [2.24, 2.45) is 0 Å². The molecule has 2 fully saturated rings. The van der Waals surface area contributed by atoms with Crippen molar-refractivity contribution in [1.29, 1.82) is 0 Å². The minimum absolute atomic E-state index is 0.176. The first-order valence-electron chi connectivity index (χ1n) is 10.1. The summed E-state index contributed by atoms with van der Waals surface area (Å²) in [5.74, 6) is -0.595. The van der Waals surface area contributed by atoms with Crippen LogP contribution in [-0.4, -0.2) is 46.8 Å². The van der Waals surface area contributed by atoms with Crippen molar-refractivity contribution in [3.05, 3.63) is 71.8 Å². The molecule has 29 heavy (non-hydrogen) atoms. The third kappa shape index (κ3) is 3.18. The van der Waals surface area contributed by atoms with Crippen molar-refractivity contribution in [3.8, 4) is 0 Å². The fourth-order valence-corrected chi connectivity index (χ4v) is 4.32. The number of carbonyl (C=O) groups is 3. The number of nitrogens with one attached hydrogen (secondary N) is 1. The SMILES string of the molecule is C[C@@H](C(=O)N1CCCCC1)N1C(=O)NC(c2ccccc2)(c2ccccc2)C1=O. The van der Waals surface area contributed by atoms with Crippen molar-refractivity contribution < 1.29 is 14.4 Å². The lowest BCUT2D eigenvalue weighted by Crippen LogP contribution is -2.52. The van der Waals surface area contributed by atoms with Gasteiger partial charge in [-0.1, -0.05) is 60.7 Å². The van der Waals surface area contributed by atoms with Crippen LogP contribution < -0.4 is 5.32 Å². The van der Waals surface area contributed by atoms with E-state index >= 15 is 0 Å². The average Bonchev–Trinajstić information content (AvgIpc) is 3.05. The Bertz CT molecular complexity index is 868. The summed E-state index contributed by atoms with van der Waals surface area (Å²) in [5.41, 5.74) is 0.00472. The second-order valence-electron chi connectivity index (χ2n) is 7.65. The summed E-state index contributed by atoms with van der Waals surface area (Å²) in [4.78, 5) is 42.6. The van der Waals surface area contributed by atoms with Gasteiger partial charge in [0.05, 0.1) is 0 Å². The lowest BCUT2D eigenvalue weighted by atomic mass is 9.82. The van der Waals surface area contributed by atoms with Gasteiger partial charge in [0, 0.05) is 13.1 Å². The molecule has 0 unspecified atom stereocenters. The number of hydrogen-bond donors (Lipinski definition) is 1. The molecular formula is C23H25N3O3. The Morgan fingerprint density at radius 2 is 1.41 bits per heavy atom. The standard InChI is InChI=1S/C23H25N3O3/c1-17(20(27)25-15-9-4-10-16-25)26-21(28)23(24-22(26)29,18-11-5-2-6-12-18)19-13-7-3-8-14-19/h2-3,5-8,11-14,17H,4,9-10,15-16H2,1H3,(H,24,29)/t17-/m0/s1. The number of likely N-dealkylation sites (tertiary alicyclic amines) is 1. The summed E-state index contributed by atoms with van der Waals surface area (Å²) in [5, 5.41) is 2.91. The van der Waals surface area contributed by atoms with Crippen LogP contribution in [-0.2, 0) is 15.1 Å². The second kappa shape index (κ2) is 7.70. The van der Waals surface area contributed by atoms with Gasteiger partial charge in [0.25, 0.3) is 5.91 Å². The highest BCUT2D eigenvalue weighted by Gasteiger charge is 2.56. The molecule has 2 aliphatic heterocycles. The van der Waals surface area contributed by atoms with Crippen molar-refractivity contribution >= 4 is 17.8 Å². The number of carbonyl (C=O) groups excluding carboxylic acids is 3. The van der Waals surface area contributed by atoms with E-state index in [0.717, 1.165) is 24.2 Å². The van der Waals surface area contributed by atoms with Gasteiger partial charge in [-0.05, 0) is 37.3 Å². The fourth-order valence-electron chi connectivity index (χ4n) is 4.32. The predicted octanol–water partition coefficient (Wildman–Crippen LogP) is 2.88. The largest absolute Gasteiger partial charge is 0.341 e. The van der Waals surface area contributed by atoms with Gasteiger partial charge >= 0.3 is 6.03 Å². The molecule has 0 spiro atoms. The molecule has 0 aromatic heterocycles. The van der Waals surface area contributed by atoms with Crippen LogP contribution in [0.25, 0.3) is 0 Å². The number of nitrogens with zero attached hydrogens (tertiary/aromatic N) is 2. The molecule has 0 aliphatic carbocycles. The van der Waals surface area contributed by atoms with Crippen LogP contribution in [0.3, 0.4) is 0 Å². The molecule has 0 saturated carbocycles. The molecule has 2 saturated heterocycles. The molecule has 0 radical (unpaired) electrons. The Balaban J connectivity index is 1.73. The smallest absolute Gasteiger partial charge is 0.326 e. The Labute approximate surface area is 170 Å². The molecule has 4 amide bonds. The quantitative estimate of drug-likeness (QED) is 0.815. The maximum absolute atomic E-state index is 13.7. The number of piperidine rings is 1. The van der Waals surface area contributed by atoms with Gasteiger partial charge < -0.3 is 10.2 Å². The van der Waals surface area contributed by atoms with Gasteiger partial charge in [-0.3, -0.25) is 9.59 Å². The van der Waals surface area contributed by atoms with Crippen LogP contribution in [0.4, 0.5) is 4.79 Å². The Kier molecular flexibility index (Phi) is 5.09. The summed E-state index contributed by atoms with van der Waals surface area (Å²) in [7, 11) is 0. The second-order valence-corrected chi connectivity index (χ2v) is 7.65. The van der Waals surface area contributed by atoms with E-state index in [-0.39, 0.29) is 5.91 Å². The molecule has 2 heterocycles. The van der Waals surface area contributed by atoms with Crippen LogP contribution in [0.1, 0.15) is 37.3 Å². The third-order valence-corrected chi connectivity index (χ3v) is 5.88. The number of rotatable bonds is 4. The molecule has 4 rings (SSSR count). The van der Waals surface area contributed by atoms with E-state index in [4.69, 9.17) is 0 Å². The number of urea groups is 1. The molecule has 150 valence electrons. The van der Waals surface area contributed by atoms with Crippen molar-refractivity contribution in [3.63, 3.8) is 0 Å². The fraction of sp³-hybridized carbons (Fsp3) is 0.348. The van der Waals surface area contributed by atoms with Crippen LogP contribution in [0.5, 0.6) is 0 Å². The zero-order chi connectivity index (χ0) is 20.4. The number of hydrogen-bond acceptors (Lipinski definition) is 3. The van der Waals surface area contributed by atoms with E-state index in [0.29, 0.717) is 24.2 Å². The van der Waals surface area contributed by atoms with Crippen molar-refractivity contribution in [2.45, 2.75) is 37.8 Å². The van der Waals surface area contributed by atoms with Crippen molar-refractivity contribution in [1.82, 2.24) is 15.1 Å². The maximum Gasteiger partial charge on any atom is 0.326 e. The highest BCUT2D eigenvalue weighted by Crippen LogP contribution is 2.37. The first-order valence-corrected chi connectivity index (χ1v) is 10.1. The summed E-state index contributed by atoms with van der Waals surface area (Å²) in [6.07, 6.45) is 3.01. The number of imide groups is 1. The van der Waals surface area contributed by atoms with Gasteiger partial charge in [-0.15, -0.1) is 0 Å². The maximum atomic E-state index is 13.7. The van der Waals surface area contributed by atoms with Gasteiger partial charge in [0.15, 0.2) is 5.54 Å². The predicted molar refractivity (Wildman–Crippen MR) is 109 cm³/mol. The molecule has 2 aromatic carbocycles. The molecule has 1 atom stereocenters. The monoisotopic (exact) mass is 391 g/mol. The lowest BCUT2D eigenvalue weighted by Gasteiger charge is -2.32. The van der Waals surface area contributed by atoms with Gasteiger partial charge in [0.1, 0.15) is 6.04 Å². The Morgan fingerprint density at radius 3 is 1.93 bits per heavy atom. The van der Waals surface area contributed by atoms with Gasteiger partial charge in [0.2, 0.25) is 5.91 Å². The minimum Gasteiger partial charge on any atom is -0.341 e. The van der Waals surface area contributed by atoms with Crippen molar-refractivity contribution in [2.75, 3.05) is 13.1 Å². The topological polar surface area (TPSA) is 69.7 Å². The zero-order valence-corrected chi connectivity index (χ0v) is 16.5. The average molecular weight is 391 g/mol. The van der Waals surface area contributed by atoms with Gasteiger partial charge in [-0.2, -0.15) is 0 Å². The van der Waals surface area contributed by atoms with Crippen LogP contribution in [0.15, 0.2) is 60.7 Å². The summed E-state index contributed by atoms with van der Waals surface area (Å²) < 4.78 is 0. The number of benzene rings is 2. The molecule has 2 aliphatic rings. The highest BCUT2D eigenvalue weighted by molar-refractivity contribution is 6.12.